The van der Waals surface area contributed by atoms with Gasteiger partial charge < -0.3 is 0 Å². The monoisotopic (exact) mass is 130 g/mol. The van der Waals surface area contributed by atoms with E-state index in [9.17, 15) is 0 Å². The van der Waals surface area contributed by atoms with Crippen LogP contribution in [0.25, 0.3) is 0 Å². The molecule has 0 aliphatic carbocycles. The van der Waals surface area contributed by atoms with Crippen molar-refractivity contribution in [1.29, 1.82) is 0 Å². The van der Waals surface area contributed by atoms with Gasteiger partial charge in [-0.15, -0.1) is 0 Å². The van der Waals surface area contributed by atoms with Crippen molar-refractivity contribution in [3.05, 3.63) is 12.7 Å². The summed E-state index contributed by atoms with van der Waals surface area (Å²) in [6.07, 6.45) is 1.93. The van der Waals surface area contributed by atoms with Crippen LogP contribution in [0.15, 0.2) is 12.7 Å². The van der Waals surface area contributed by atoms with Crippen LogP contribution in [0.5, 0.6) is 0 Å². The van der Waals surface area contributed by atoms with Gasteiger partial charge in [0.1, 0.15) is 0 Å². The van der Waals surface area contributed by atoms with E-state index < -0.39 is 0 Å². The SMILES string of the molecule is C=C[CH2][Y]. The molecule has 0 aromatic carbocycles. The Bertz CT molecular complexity index is 17.2. The summed E-state index contributed by atoms with van der Waals surface area (Å²) >= 11 is 1.32. The van der Waals surface area contributed by atoms with Gasteiger partial charge in [-0.05, 0) is 0 Å². The zero-order valence-electron chi connectivity index (χ0n) is 2.57. The van der Waals surface area contributed by atoms with Gasteiger partial charge >= 0.3 is 46.8 Å². The van der Waals surface area contributed by atoms with Crippen molar-refractivity contribution in [2.24, 2.45) is 0 Å². The summed E-state index contributed by atoms with van der Waals surface area (Å²) in [5.74, 6) is 0. The molecule has 0 aromatic heterocycles. The molecule has 0 aliphatic heterocycles. The van der Waals surface area contributed by atoms with E-state index in [0.717, 1.165) is 0 Å². The Balaban J connectivity index is 2.30. The molecule has 4 heavy (non-hydrogen) atoms. The number of hydrogen-bond donors (Lipinski definition) is 0. The first-order valence-electron chi connectivity index (χ1n) is 1.22. The molecule has 0 unspecified atom stereocenters. The van der Waals surface area contributed by atoms with Crippen molar-refractivity contribution in [2.45, 2.75) is 3.23 Å². The number of hydrogen-bond acceptors (Lipinski definition) is 0. The van der Waals surface area contributed by atoms with Crippen molar-refractivity contribution >= 4 is 0 Å². The van der Waals surface area contributed by atoms with E-state index >= 15 is 0 Å². The predicted molar refractivity (Wildman–Crippen MR) is 15.0 cm³/mol. The second-order valence-corrected chi connectivity index (χ2v) is 1.68. The average molecular weight is 130 g/mol. The molecule has 0 bridgehead atoms. The molecule has 20 valence electrons. The fourth-order valence-corrected chi connectivity index (χ4v) is 0. The minimum atomic E-state index is 1.21. The van der Waals surface area contributed by atoms with E-state index in [4.69, 9.17) is 0 Å². The number of allylic oxidation sites excluding steroid dienone is 1. The molecule has 0 radical (unpaired) electrons. The second-order valence-electron chi connectivity index (χ2n) is 0.524. The molecule has 0 fully saturated rings. The van der Waals surface area contributed by atoms with Gasteiger partial charge in [0, 0.05) is 0 Å². The second kappa shape index (κ2) is 3.84. The molecule has 0 aliphatic rings. The predicted octanol–water partition coefficient (Wildman–Crippen LogP) is 1.14. The van der Waals surface area contributed by atoms with Gasteiger partial charge in [-0.2, -0.15) is 0 Å². The van der Waals surface area contributed by atoms with Gasteiger partial charge in [0.2, 0.25) is 0 Å². The van der Waals surface area contributed by atoms with E-state index in [1.807, 2.05) is 6.08 Å². The van der Waals surface area contributed by atoms with Crippen LogP contribution in [0, 0.1) is 0 Å². The summed E-state index contributed by atoms with van der Waals surface area (Å²) in [5, 5.41) is 0. The van der Waals surface area contributed by atoms with Gasteiger partial charge in [-0.25, -0.2) is 0 Å². The Labute approximate surface area is 46.7 Å². The quantitative estimate of drug-likeness (QED) is 0.467. The third-order valence-electron chi connectivity index (χ3n) is 0.167. The molecule has 0 nitrogen and oxygen atoms in total. The molecule has 0 spiro atoms. The average Bonchev–Trinajstić information content (AvgIpc) is 1.37. The van der Waals surface area contributed by atoms with E-state index in [2.05, 4.69) is 6.58 Å². The van der Waals surface area contributed by atoms with Gasteiger partial charge in [0.25, 0.3) is 0 Å². The van der Waals surface area contributed by atoms with Crippen molar-refractivity contribution in [1.82, 2.24) is 0 Å². The Kier molecular flexibility index (Phi) is 4.65. The first-order chi connectivity index (χ1) is 1.91. The van der Waals surface area contributed by atoms with E-state index in [1.165, 1.54) is 34.2 Å². The van der Waals surface area contributed by atoms with Crippen LogP contribution in [0.3, 0.4) is 0 Å². The molecule has 0 rings (SSSR count). The Morgan fingerprint density at radius 3 is 2.25 bits per heavy atom. The molecular weight excluding hydrogens is 125 g/mol. The van der Waals surface area contributed by atoms with E-state index in [-0.39, 0.29) is 0 Å². The molecule has 0 N–H and O–H groups in total. The summed E-state index contributed by atoms with van der Waals surface area (Å²) < 4.78 is 1.21. The molecule has 0 saturated heterocycles. The molecular formula is C3H5Y. The van der Waals surface area contributed by atoms with E-state index in [1.54, 1.807) is 0 Å². The molecule has 0 saturated carbocycles. The standard InChI is InChI=1S/C3H5.Y/c1-3-2;/h3H,1-2H2;. The summed E-state index contributed by atoms with van der Waals surface area (Å²) in [6, 6.07) is 0. The normalized spacial score (nSPS) is 5.75. The Hall–Kier alpha value is 0.844. The summed E-state index contributed by atoms with van der Waals surface area (Å²) in [7, 11) is 0. The zero-order valence-corrected chi connectivity index (χ0v) is 5.41. The molecule has 1 heteroatoms. The van der Waals surface area contributed by atoms with Gasteiger partial charge in [-0.1, -0.05) is 0 Å². The third kappa shape index (κ3) is 2.84. The van der Waals surface area contributed by atoms with Crippen LogP contribution in [0.2, 0.25) is 3.23 Å². The summed E-state index contributed by atoms with van der Waals surface area (Å²) in [4.78, 5) is 0. The van der Waals surface area contributed by atoms with E-state index in [0.29, 0.717) is 0 Å². The first-order valence-corrected chi connectivity index (χ1v) is 3.23. The maximum atomic E-state index is 3.51. The van der Waals surface area contributed by atoms with Crippen molar-refractivity contribution < 1.29 is 31.0 Å². The topological polar surface area (TPSA) is 0 Å². The number of rotatable bonds is 1. The van der Waals surface area contributed by atoms with Gasteiger partial charge in [0.15, 0.2) is 0 Å². The van der Waals surface area contributed by atoms with Crippen LogP contribution in [-0.2, 0) is 31.0 Å². The first kappa shape index (κ1) is 4.84. The maximum absolute atomic E-state index is 3.51. The van der Waals surface area contributed by atoms with Crippen LogP contribution < -0.4 is 0 Å². The molecule has 0 aromatic rings. The van der Waals surface area contributed by atoms with Crippen LogP contribution in [0.1, 0.15) is 0 Å². The summed E-state index contributed by atoms with van der Waals surface area (Å²) in [5.41, 5.74) is 0. The van der Waals surface area contributed by atoms with Crippen LogP contribution in [0.4, 0.5) is 0 Å². The molecule has 0 heterocycles. The van der Waals surface area contributed by atoms with Crippen LogP contribution >= 0.6 is 0 Å². The summed E-state index contributed by atoms with van der Waals surface area (Å²) in [6.45, 7) is 3.51. The van der Waals surface area contributed by atoms with Crippen molar-refractivity contribution in [2.75, 3.05) is 0 Å². The Morgan fingerprint density at radius 1 is 2.00 bits per heavy atom. The van der Waals surface area contributed by atoms with Crippen LogP contribution in [-0.4, -0.2) is 0 Å². The Morgan fingerprint density at radius 2 is 2.25 bits per heavy atom. The van der Waals surface area contributed by atoms with Crippen molar-refractivity contribution in [3.63, 3.8) is 0 Å². The van der Waals surface area contributed by atoms with Gasteiger partial charge in [-0.3, -0.25) is 0 Å². The zero-order chi connectivity index (χ0) is 3.41. The fraction of sp³-hybridized carbons (Fsp3) is 0.333. The molecule has 0 atom stereocenters. The minimum absolute atomic E-state index is 1.21. The third-order valence-corrected chi connectivity index (χ3v) is 0.986. The van der Waals surface area contributed by atoms with Crippen molar-refractivity contribution in [3.8, 4) is 0 Å². The fourth-order valence-electron chi connectivity index (χ4n) is 0. The van der Waals surface area contributed by atoms with Gasteiger partial charge in [0.05, 0.1) is 0 Å². The molecule has 0 amide bonds.